The van der Waals surface area contributed by atoms with Gasteiger partial charge in [-0.2, -0.15) is 13.2 Å². The largest absolute Gasteiger partial charge is 1.00 e. The van der Waals surface area contributed by atoms with Gasteiger partial charge in [-0.05, 0) is 24.0 Å². The second-order valence-corrected chi connectivity index (χ2v) is 3.10. The summed E-state index contributed by atoms with van der Waals surface area (Å²) in [5, 5.41) is 10.6. The van der Waals surface area contributed by atoms with Crippen LogP contribution in [0.5, 0.6) is 5.75 Å². The average Bonchev–Trinajstić information content (AvgIpc) is 2.27. The van der Waals surface area contributed by atoms with E-state index in [1.54, 1.807) is 0 Å². The van der Waals surface area contributed by atoms with E-state index in [1.807, 2.05) is 0 Å². The van der Waals surface area contributed by atoms with Crippen LogP contribution in [-0.4, -0.2) is 19.1 Å². The molecule has 0 aromatic heterocycles. The third-order valence-corrected chi connectivity index (χ3v) is 1.90. The number of rotatable bonds is 3. The van der Waals surface area contributed by atoms with Crippen molar-refractivity contribution in [2.45, 2.75) is 6.18 Å². The van der Waals surface area contributed by atoms with E-state index in [0.29, 0.717) is 5.75 Å². The first-order chi connectivity index (χ1) is 7.84. The van der Waals surface area contributed by atoms with Crippen LogP contribution in [0.25, 0.3) is 0 Å². The quantitative estimate of drug-likeness (QED) is 0.296. The summed E-state index contributed by atoms with van der Waals surface area (Å²) in [7, 11) is 1.36. The zero-order valence-electron chi connectivity index (χ0n) is 9.75. The zero-order valence-corrected chi connectivity index (χ0v) is 11.7. The Hall–Kier alpha value is -0.980. The summed E-state index contributed by atoms with van der Waals surface area (Å²) in [6.07, 6.45) is -5.01. The smallest absolute Gasteiger partial charge is 0.869 e. The fraction of sp³-hybridized carbons (Fsp3) is 0.182. The molecule has 0 saturated heterocycles. The third-order valence-electron chi connectivity index (χ3n) is 1.90. The Kier molecular flexibility index (Phi) is 6.45. The van der Waals surface area contributed by atoms with E-state index in [0.717, 1.165) is 0 Å². The number of carbonyl (C=O) groups excluding carboxylic acids is 1. The Balaban J connectivity index is 0.00000289. The number of benzene rings is 1. The van der Waals surface area contributed by atoms with Gasteiger partial charge in [0.2, 0.25) is 0 Å². The first-order valence-corrected chi connectivity index (χ1v) is 4.49. The fourth-order valence-electron chi connectivity index (χ4n) is 1.06. The summed E-state index contributed by atoms with van der Waals surface area (Å²) < 4.78 is 40.5. The number of ketones is 1. The molecular formula is C11H8F3NaO3. The molecule has 0 heterocycles. The maximum atomic E-state index is 11.9. The molecule has 0 unspecified atom stereocenters. The van der Waals surface area contributed by atoms with Crippen LogP contribution in [0.4, 0.5) is 13.2 Å². The molecule has 0 amide bonds. The molecule has 0 fully saturated rings. The summed E-state index contributed by atoms with van der Waals surface area (Å²) in [6, 6.07) is 5.52. The van der Waals surface area contributed by atoms with E-state index in [2.05, 4.69) is 0 Å². The van der Waals surface area contributed by atoms with Gasteiger partial charge in [-0.3, -0.25) is 4.79 Å². The molecule has 0 aliphatic rings. The number of methoxy groups -OCH3 is 1. The van der Waals surface area contributed by atoms with Crippen molar-refractivity contribution in [2.24, 2.45) is 0 Å². The van der Waals surface area contributed by atoms with E-state index in [1.165, 1.54) is 31.4 Å². The molecule has 0 atom stereocenters. The first-order valence-electron chi connectivity index (χ1n) is 4.49. The van der Waals surface area contributed by atoms with Gasteiger partial charge in [0.05, 0.1) is 7.11 Å². The fourth-order valence-corrected chi connectivity index (χ4v) is 1.06. The second kappa shape index (κ2) is 6.82. The molecule has 7 heteroatoms. The van der Waals surface area contributed by atoms with E-state index >= 15 is 0 Å². The minimum Gasteiger partial charge on any atom is -0.869 e. The van der Waals surface area contributed by atoms with Crippen molar-refractivity contribution < 1.29 is 57.4 Å². The maximum Gasteiger partial charge on any atom is 1.00 e. The number of hydrogen-bond donors (Lipinski definition) is 0. The number of carbonyl (C=O) groups is 1. The average molecular weight is 268 g/mol. The molecule has 0 N–H and O–H groups in total. The predicted octanol–water partition coefficient (Wildman–Crippen LogP) is -1.31. The van der Waals surface area contributed by atoms with Crippen molar-refractivity contribution in [3.63, 3.8) is 0 Å². The Morgan fingerprint density at radius 2 is 2.00 bits per heavy atom. The van der Waals surface area contributed by atoms with Gasteiger partial charge < -0.3 is 9.84 Å². The van der Waals surface area contributed by atoms with Crippen LogP contribution < -0.4 is 39.4 Å². The number of hydrogen-bond acceptors (Lipinski definition) is 3. The molecule has 0 spiro atoms. The van der Waals surface area contributed by atoms with Crippen LogP contribution in [0.15, 0.2) is 36.1 Å². The normalized spacial score (nSPS) is 11.7. The van der Waals surface area contributed by atoms with Gasteiger partial charge in [-0.15, -0.1) is 0 Å². The zero-order chi connectivity index (χ0) is 13.1. The predicted molar refractivity (Wildman–Crippen MR) is 51.5 cm³/mol. The van der Waals surface area contributed by atoms with Gasteiger partial charge >= 0.3 is 35.7 Å². The first kappa shape index (κ1) is 17.0. The standard InChI is InChI=1S/C11H9F3O3.Na/c1-17-8-4-2-3-7(5-8)9(15)6-10(16)11(12,13)14;/h2-6,16H,1H3;/q;+1/p-1. The summed E-state index contributed by atoms with van der Waals surface area (Å²) in [5.41, 5.74) is -0.0399. The molecule has 0 radical (unpaired) electrons. The number of ether oxygens (including phenoxy) is 1. The second-order valence-electron chi connectivity index (χ2n) is 3.10. The van der Waals surface area contributed by atoms with Gasteiger partial charge in [-0.25, -0.2) is 0 Å². The minimum atomic E-state index is -5.03. The molecule has 92 valence electrons. The van der Waals surface area contributed by atoms with E-state index in [9.17, 15) is 23.1 Å². The monoisotopic (exact) mass is 268 g/mol. The van der Waals surface area contributed by atoms with Crippen molar-refractivity contribution in [3.8, 4) is 5.75 Å². The van der Waals surface area contributed by atoms with Crippen molar-refractivity contribution in [2.75, 3.05) is 7.11 Å². The Bertz CT molecular complexity index is 455. The SMILES string of the molecule is COc1cccc(C(=O)C=C([O-])C(F)(F)F)c1.[Na+]. The number of halogens is 3. The van der Waals surface area contributed by atoms with E-state index < -0.39 is 17.7 Å². The molecule has 18 heavy (non-hydrogen) atoms. The molecule has 1 aromatic rings. The molecule has 1 aromatic carbocycles. The van der Waals surface area contributed by atoms with Gasteiger partial charge in [0.15, 0.2) is 5.78 Å². The van der Waals surface area contributed by atoms with Crippen molar-refractivity contribution in [1.82, 2.24) is 0 Å². The molecule has 0 bridgehead atoms. The summed E-state index contributed by atoms with van der Waals surface area (Å²) in [4.78, 5) is 11.3. The molecule has 1 rings (SSSR count). The van der Waals surface area contributed by atoms with Gasteiger partial charge in [-0.1, -0.05) is 12.1 Å². The summed E-state index contributed by atoms with van der Waals surface area (Å²) in [6.45, 7) is 0. The molecular weight excluding hydrogens is 260 g/mol. The molecule has 0 aliphatic carbocycles. The minimum absolute atomic E-state index is 0. The Morgan fingerprint density at radius 1 is 1.39 bits per heavy atom. The van der Waals surface area contributed by atoms with Crippen LogP contribution in [-0.2, 0) is 0 Å². The van der Waals surface area contributed by atoms with E-state index in [4.69, 9.17) is 4.74 Å². The van der Waals surface area contributed by atoms with Crippen LogP contribution in [0, 0.1) is 0 Å². The van der Waals surface area contributed by atoms with Crippen LogP contribution in [0.1, 0.15) is 10.4 Å². The molecule has 0 aliphatic heterocycles. The van der Waals surface area contributed by atoms with Crippen molar-refractivity contribution in [1.29, 1.82) is 0 Å². The Morgan fingerprint density at radius 3 is 2.50 bits per heavy atom. The topological polar surface area (TPSA) is 49.4 Å². The van der Waals surface area contributed by atoms with Gasteiger partial charge in [0.25, 0.3) is 0 Å². The summed E-state index contributed by atoms with van der Waals surface area (Å²) in [5.74, 6) is -2.86. The van der Waals surface area contributed by atoms with Crippen molar-refractivity contribution >= 4 is 5.78 Å². The number of allylic oxidation sites excluding steroid dienone is 2. The summed E-state index contributed by atoms with van der Waals surface area (Å²) >= 11 is 0. The van der Waals surface area contributed by atoms with Crippen LogP contribution in [0.2, 0.25) is 0 Å². The Labute approximate surface area is 124 Å². The molecule has 0 saturated carbocycles. The number of alkyl halides is 3. The van der Waals surface area contributed by atoms with Crippen LogP contribution >= 0.6 is 0 Å². The van der Waals surface area contributed by atoms with E-state index in [-0.39, 0.29) is 41.2 Å². The maximum absolute atomic E-state index is 11.9. The van der Waals surface area contributed by atoms with Crippen LogP contribution in [0.3, 0.4) is 0 Å². The van der Waals surface area contributed by atoms with Gasteiger partial charge in [0.1, 0.15) is 5.75 Å². The third kappa shape index (κ3) is 4.72. The van der Waals surface area contributed by atoms with Gasteiger partial charge in [0, 0.05) is 5.56 Å². The molecule has 3 nitrogen and oxygen atoms in total. The van der Waals surface area contributed by atoms with Crippen molar-refractivity contribution in [3.05, 3.63) is 41.7 Å².